The topological polar surface area (TPSA) is 72.7 Å². The van der Waals surface area contributed by atoms with Crippen molar-refractivity contribution in [1.82, 2.24) is 19.7 Å². The molecule has 0 saturated heterocycles. The molecule has 2 aromatic heterocycles. The molecule has 0 saturated carbocycles. The van der Waals surface area contributed by atoms with Crippen LogP contribution in [0.3, 0.4) is 0 Å². The van der Waals surface area contributed by atoms with Crippen molar-refractivity contribution in [2.45, 2.75) is 18.1 Å². The van der Waals surface area contributed by atoms with Gasteiger partial charge in [-0.05, 0) is 42.0 Å². The van der Waals surface area contributed by atoms with Gasteiger partial charge in [-0.15, -0.1) is 28.1 Å². The monoisotopic (exact) mass is 533 g/mol. The molecule has 6 nitrogen and oxygen atoms in total. The predicted octanol–water partition coefficient (Wildman–Crippen LogP) is 6.36. The van der Waals surface area contributed by atoms with Gasteiger partial charge in [-0.1, -0.05) is 47.1 Å². The SMILES string of the molecule is C=CCn1c(SCC(=O)Nc2ncc(Cc3ccc(Cl)cc3Cl)s2)nnc1-c1ccc(F)cc1. The van der Waals surface area contributed by atoms with Crippen molar-refractivity contribution in [2.24, 2.45) is 0 Å². The fourth-order valence-corrected chi connectivity index (χ4v) is 5.16. The largest absolute Gasteiger partial charge is 0.301 e. The highest BCUT2D eigenvalue weighted by atomic mass is 35.5. The quantitative estimate of drug-likeness (QED) is 0.200. The van der Waals surface area contributed by atoms with E-state index in [1.54, 1.807) is 36.5 Å². The van der Waals surface area contributed by atoms with Crippen LogP contribution in [-0.2, 0) is 17.8 Å². The highest BCUT2D eigenvalue weighted by Crippen LogP contribution is 2.28. The lowest BCUT2D eigenvalue weighted by atomic mass is 10.1. The third kappa shape index (κ3) is 6.04. The number of halogens is 3. The molecule has 0 fully saturated rings. The summed E-state index contributed by atoms with van der Waals surface area (Å²) in [6.45, 7) is 4.22. The summed E-state index contributed by atoms with van der Waals surface area (Å²) in [6, 6.07) is 11.4. The number of hydrogen-bond donors (Lipinski definition) is 1. The van der Waals surface area contributed by atoms with Crippen LogP contribution in [-0.4, -0.2) is 31.4 Å². The van der Waals surface area contributed by atoms with E-state index >= 15 is 0 Å². The molecule has 11 heteroatoms. The molecule has 1 amide bonds. The maximum Gasteiger partial charge on any atom is 0.236 e. The summed E-state index contributed by atoms with van der Waals surface area (Å²) in [5, 5.41) is 13.5. The molecular weight excluding hydrogens is 516 g/mol. The first-order valence-corrected chi connectivity index (χ1v) is 12.6. The molecule has 0 radical (unpaired) electrons. The molecule has 2 aromatic carbocycles. The molecule has 4 rings (SSSR count). The Kier molecular flexibility index (Phi) is 7.99. The van der Waals surface area contributed by atoms with E-state index in [9.17, 15) is 9.18 Å². The summed E-state index contributed by atoms with van der Waals surface area (Å²) >= 11 is 14.8. The Labute approximate surface area is 213 Å². The van der Waals surface area contributed by atoms with E-state index in [0.717, 1.165) is 16.0 Å². The highest BCUT2D eigenvalue weighted by molar-refractivity contribution is 7.99. The first kappa shape index (κ1) is 24.4. The van der Waals surface area contributed by atoms with E-state index in [1.165, 1.54) is 35.2 Å². The number of carbonyl (C=O) groups excluding carboxylic acids is 1. The van der Waals surface area contributed by atoms with Crippen LogP contribution in [0.5, 0.6) is 0 Å². The van der Waals surface area contributed by atoms with Crippen LogP contribution >= 0.6 is 46.3 Å². The van der Waals surface area contributed by atoms with Gasteiger partial charge in [0.15, 0.2) is 16.1 Å². The number of anilines is 1. The van der Waals surface area contributed by atoms with Crippen molar-refractivity contribution in [2.75, 3.05) is 11.1 Å². The van der Waals surface area contributed by atoms with Gasteiger partial charge in [0.25, 0.3) is 0 Å². The van der Waals surface area contributed by atoms with Crippen LogP contribution in [0.25, 0.3) is 11.4 Å². The third-order valence-electron chi connectivity index (χ3n) is 4.64. The summed E-state index contributed by atoms with van der Waals surface area (Å²) in [5.74, 6) is 0.155. The fraction of sp³-hybridized carbons (Fsp3) is 0.130. The number of carbonyl (C=O) groups is 1. The highest BCUT2D eigenvalue weighted by Gasteiger charge is 2.16. The molecule has 0 unspecified atom stereocenters. The predicted molar refractivity (Wildman–Crippen MR) is 136 cm³/mol. The lowest BCUT2D eigenvalue weighted by Gasteiger charge is -2.07. The standard InChI is InChI=1S/C23H18Cl2FN5OS2/c1-2-9-31-21(14-4-7-17(26)8-5-14)29-30-23(31)33-13-20(32)28-22-27-12-18(34-22)10-15-3-6-16(24)11-19(15)25/h2-8,11-12H,1,9-10,13H2,(H,27,28,32). The van der Waals surface area contributed by atoms with Crippen LogP contribution < -0.4 is 5.32 Å². The molecule has 0 atom stereocenters. The zero-order chi connectivity index (χ0) is 24.1. The number of aromatic nitrogens is 4. The summed E-state index contributed by atoms with van der Waals surface area (Å²) < 4.78 is 15.1. The minimum Gasteiger partial charge on any atom is -0.301 e. The van der Waals surface area contributed by atoms with E-state index in [4.69, 9.17) is 23.2 Å². The number of amides is 1. The molecule has 0 spiro atoms. The molecule has 0 aliphatic rings. The van der Waals surface area contributed by atoms with Gasteiger partial charge < -0.3 is 5.32 Å². The van der Waals surface area contributed by atoms with Crippen LogP contribution in [0.1, 0.15) is 10.4 Å². The maximum absolute atomic E-state index is 13.3. The van der Waals surface area contributed by atoms with Gasteiger partial charge in [-0.3, -0.25) is 9.36 Å². The molecular formula is C23H18Cl2FN5OS2. The van der Waals surface area contributed by atoms with Crippen molar-refractivity contribution in [1.29, 1.82) is 0 Å². The smallest absolute Gasteiger partial charge is 0.236 e. The number of hydrogen-bond acceptors (Lipinski definition) is 6. The number of thiazole rings is 1. The van der Waals surface area contributed by atoms with E-state index in [0.29, 0.717) is 39.1 Å². The summed E-state index contributed by atoms with van der Waals surface area (Å²) in [7, 11) is 0. The minimum atomic E-state index is -0.327. The molecule has 4 aromatic rings. The van der Waals surface area contributed by atoms with Crippen LogP contribution in [0.4, 0.5) is 9.52 Å². The van der Waals surface area contributed by atoms with Gasteiger partial charge in [0.05, 0.1) is 5.75 Å². The van der Waals surface area contributed by atoms with Crippen LogP contribution in [0, 0.1) is 5.82 Å². The van der Waals surface area contributed by atoms with E-state index < -0.39 is 0 Å². The second-order valence-corrected chi connectivity index (χ2v) is 9.99. The van der Waals surface area contributed by atoms with Gasteiger partial charge in [-0.25, -0.2) is 9.37 Å². The van der Waals surface area contributed by atoms with E-state index in [2.05, 4.69) is 27.1 Å². The van der Waals surface area contributed by atoms with E-state index in [1.807, 2.05) is 10.6 Å². The van der Waals surface area contributed by atoms with Gasteiger partial charge >= 0.3 is 0 Å². The Balaban J connectivity index is 1.38. The summed E-state index contributed by atoms with van der Waals surface area (Å²) in [5.41, 5.74) is 1.66. The summed E-state index contributed by atoms with van der Waals surface area (Å²) in [4.78, 5) is 17.8. The number of nitrogens with one attached hydrogen (secondary N) is 1. The van der Waals surface area contributed by atoms with Crippen molar-refractivity contribution in [3.8, 4) is 11.4 Å². The normalized spacial score (nSPS) is 10.9. The third-order valence-corrected chi connectivity index (χ3v) is 7.11. The first-order chi connectivity index (χ1) is 16.4. The molecule has 2 heterocycles. The number of allylic oxidation sites excluding steroid dienone is 1. The van der Waals surface area contributed by atoms with Gasteiger partial charge in [0, 0.05) is 39.6 Å². The van der Waals surface area contributed by atoms with Crippen LogP contribution in [0.15, 0.2) is 66.5 Å². The zero-order valence-electron chi connectivity index (χ0n) is 17.7. The Bertz CT molecular complexity index is 1320. The second kappa shape index (κ2) is 11.1. The van der Waals surface area contributed by atoms with E-state index in [-0.39, 0.29) is 17.5 Å². The molecule has 0 aliphatic heterocycles. The van der Waals surface area contributed by atoms with Crippen molar-refractivity contribution >= 4 is 57.3 Å². The Morgan fingerprint density at radius 2 is 2.00 bits per heavy atom. The zero-order valence-corrected chi connectivity index (χ0v) is 20.8. The van der Waals surface area contributed by atoms with Gasteiger partial charge in [0.1, 0.15) is 5.82 Å². The minimum absolute atomic E-state index is 0.122. The van der Waals surface area contributed by atoms with Gasteiger partial charge in [0.2, 0.25) is 5.91 Å². The van der Waals surface area contributed by atoms with Crippen molar-refractivity contribution in [3.63, 3.8) is 0 Å². The number of rotatable bonds is 9. The van der Waals surface area contributed by atoms with Crippen molar-refractivity contribution in [3.05, 3.63) is 87.6 Å². The molecule has 0 bridgehead atoms. The first-order valence-electron chi connectivity index (χ1n) is 10.0. The fourth-order valence-electron chi connectivity index (χ4n) is 3.09. The molecule has 1 N–H and O–H groups in total. The number of thioether (sulfide) groups is 1. The maximum atomic E-state index is 13.3. The Morgan fingerprint density at radius 1 is 1.21 bits per heavy atom. The number of benzene rings is 2. The Hall–Kier alpha value is -2.72. The lowest BCUT2D eigenvalue weighted by Crippen LogP contribution is -2.14. The molecule has 174 valence electrons. The van der Waals surface area contributed by atoms with Gasteiger partial charge in [-0.2, -0.15) is 0 Å². The Morgan fingerprint density at radius 3 is 2.74 bits per heavy atom. The van der Waals surface area contributed by atoms with Crippen LogP contribution in [0.2, 0.25) is 10.0 Å². The average Bonchev–Trinajstić information content (AvgIpc) is 3.42. The average molecular weight is 534 g/mol. The molecule has 0 aliphatic carbocycles. The number of nitrogens with zero attached hydrogens (tertiary/aromatic N) is 4. The molecule has 34 heavy (non-hydrogen) atoms. The second-order valence-electron chi connectivity index (χ2n) is 7.09. The van der Waals surface area contributed by atoms with Crippen molar-refractivity contribution < 1.29 is 9.18 Å². The summed E-state index contributed by atoms with van der Waals surface area (Å²) in [6.07, 6.45) is 4.02. The lowest BCUT2D eigenvalue weighted by molar-refractivity contribution is -0.113.